The molecule has 1 rings (SSSR count). The number of esters is 1. The van der Waals surface area contributed by atoms with Crippen LogP contribution in [0, 0.1) is 0 Å². The molecule has 0 radical (unpaired) electrons. The monoisotopic (exact) mass is 445 g/mol. The van der Waals surface area contributed by atoms with Crippen molar-refractivity contribution in [2.45, 2.75) is 83.1 Å². The minimum Gasteiger partial charge on any atom is -1.00 e. The number of aliphatic carboxylic acids is 3. The number of carboxylic acids is 3. The molecule has 0 bridgehead atoms. The topological polar surface area (TPSA) is 171 Å². The van der Waals surface area contributed by atoms with Crippen LogP contribution in [0.3, 0.4) is 0 Å². The van der Waals surface area contributed by atoms with E-state index in [0.29, 0.717) is 0 Å². The molecule has 0 aromatic rings. The molecule has 1 heterocycles. The summed E-state index contributed by atoms with van der Waals surface area (Å²) in [5.74, 6) is -5.22. The molecule has 0 aromatic carbocycles. The zero-order chi connectivity index (χ0) is 23.2. The smallest absolute Gasteiger partial charge is 1.00 e. The van der Waals surface area contributed by atoms with Gasteiger partial charge in [0.05, 0.1) is 20.0 Å². The fourth-order valence-corrected chi connectivity index (χ4v) is 3.70. The Kier molecular flexibility index (Phi) is 12.3. The van der Waals surface area contributed by atoms with E-state index in [0.717, 1.165) is 12.8 Å². The normalized spacial score (nSPS) is 18.2. The average molecular weight is 445 g/mol. The predicted octanol–water partition coefficient (Wildman–Crippen LogP) is -2.00. The van der Waals surface area contributed by atoms with E-state index in [9.17, 15) is 19.2 Å². The fraction of sp³-hybridized carbons (Fsp3) is 0.778. The van der Waals surface area contributed by atoms with Gasteiger partial charge in [-0.25, -0.2) is 4.79 Å². The summed E-state index contributed by atoms with van der Waals surface area (Å²) >= 11 is 0. The Labute approximate surface area is 199 Å². The zero-order valence-corrected chi connectivity index (χ0v) is 20.6. The predicted molar refractivity (Wildman–Crippen MR) is 100.0 cm³/mol. The van der Waals surface area contributed by atoms with E-state index >= 15 is 0 Å². The van der Waals surface area contributed by atoms with Gasteiger partial charge in [0, 0.05) is 30.8 Å². The summed E-state index contributed by atoms with van der Waals surface area (Å²) in [6.45, 7) is 9.88. The Morgan fingerprint density at radius 2 is 1.37 bits per heavy atom. The van der Waals surface area contributed by atoms with Crippen molar-refractivity contribution < 1.29 is 80.2 Å². The molecule has 0 unspecified atom stereocenters. The van der Waals surface area contributed by atoms with E-state index < -0.39 is 36.4 Å². The molecular formula is C18H32NNaO10. The quantitative estimate of drug-likeness (QED) is 0.252. The number of hydroxylamine groups is 2. The first-order valence-electron chi connectivity index (χ1n) is 8.88. The number of rotatable bonds is 7. The van der Waals surface area contributed by atoms with Gasteiger partial charge in [0.15, 0.2) is 5.60 Å². The van der Waals surface area contributed by atoms with Gasteiger partial charge in [0.25, 0.3) is 0 Å². The number of ether oxygens (including phenoxy) is 1. The van der Waals surface area contributed by atoms with Crippen molar-refractivity contribution >= 4 is 23.9 Å². The molecule has 0 aromatic heterocycles. The Morgan fingerprint density at radius 1 is 1.00 bits per heavy atom. The van der Waals surface area contributed by atoms with Crippen LogP contribution in [-0.2, 0) is 28.8 Å². The molecule has 1 saturated heterocycles. The molecule has 0 spiro atoms. The van der Waals surface area contributed by atoms with Crippen LogP contribution in [0.5, 0.6) is 0 Å². The first kappa shape index (κ1) is 30.9. The summed E-state index contributed by atoms with van der Waals surface area (Å²) in [7, 11) is 1.69. The van der Waals surface area contributed by atoms with Crippen molar-refractivity contribution in [3.63, 3.8) is 0 Å². The van der Waals surface area contributed by atoms with Crippen molar-refractivity contribution in [3.8, 4) is 0 Å². The van der Waals surface area contributed by atoms with Gasteiger partial charge >= 0.3 is 53.4 Å². The maximum atomic E-state index is 11.0. The minimum absolute atomic E-state index is 0. The average Bonchev–Trinajstić information content (AvgIpc) is 2.42. The van der Waals surface area contributed by atoms with Gasteiger partial charge in [-0.3, -0.25) is 14.4 Å². The molecule has 1 fully saturated rings. The number of nitrogens with zero attached hydrogens (tertiary/aromatic N) is 1. The molecule has 4 N–H and O–H groups in total. The van der Waals surface area contributed by atoms with Crippen LogP contribution in [0.4, 0.5) is 0 Å². The number of hydrogen-bond donors (Lipinski definition) is 4. The molecule has 11 nitrogen and oxygen atoms in total. The summed E-state index contributed by atoms with van der Waals surface area (Å²) in [6.07, 6.45) is -0.717. The van der Waals surface area contributed by atoms with E-state index in [-0.39, 0.29) is 54.1 Å². The first-order valence-corrected chi connectivity index (χ1v) is 8.88. The Hall–Kier alpha value is -1.24. The number of carbonyl (C=O) groups is 4. The largest absolute Gasteiger partial charge is 1.00 e. The molecule has 0 aliphatic carbocycles. The van der Waals surface area contributed by atoms with Crippen molar-refractivity contribution in [2.75, 3.05) is 7.11 Å². The molecule has 1 aliphatic rings. The summed E-state index contributed by atoms with van der Waals surface area (Å²) < 4.78 is 5.33. The van der Waals surface area contributed by atoms with Crippen LogP contribution in [0.1, 0.15) is 61.7 Å². The summed E-state index contributed by atoms with van der Waals surface area (Å²) in [5, 5.41) is 35.8. The second kappa shape index (κ2) is 12.0. The van der Waals surface area contributed by atoms with Gasteiger partial charge < -0.3 is 31.4 Å². The van der Waals surface area contributed by atoms with Gasteiger partial charge in [-0.1, -0.05) is 0 Å². The van der Waals surface area contributed by atoms with Gasteiger partial charge in [0.1, 0.15) is 6.10 Å². The summed E-state index contributed by atoms with van der Waals surface area (Å²) in [6, 6.07) is 0. The zero-order valence-electron chi connectivity index (χ0n) is 19.6. The fourth-order valence-electron chi connectivity index (χ4n) is 3.70. The SMILES string of the molecule is CON1C(C)(C)CC(OC(C)=O)CC1(C)C.O=C(O)CC(O)(CC(=O)O)C(=O)O.[H-].[Na+]. The van der Waals surface area contributed by atoms with E-state index in [2.05, 4.69) is 27.7 Å². The van der Waals surface area contributed by atoms with E-state index in [1.807, 2.05) is 5.06 Å². The third-order valence-electron chi connectivity index (χ3n) is 4.35. The molecule has 170 valence electrons. The number of aliphatic hydroxyl groups is 1. The molecule has 0 saturated carbocycles. The third kappa shape index (κ3) is 9.71. The Bertz CT molecular complexity index is 607. The van der Waals surface area contributed by atoms with Crippen LogP contribution in [-0.4, -0.2) is 79.3 Å². The van der Waals surface area contributed by atoms with Crippen molar-refractivity contribution in [1.29, 1.82) is 0 Å². The van der Waals surface area contributed by atoms with Gasteiger partial charge in [-0.05, 0) is 27.7 Å². The minimum atomic E-state index is -2.74. The van der Waals surface area contributed by atoms with Crippen LogP contribution in [0.2, 0.25) is 0 Å². The Morgan fingerprint density at radius 3 is 1.60 bits per heavy atom. The van der Waals surface area contributed by atoms with Crippen molar-refractivity contribution in [3.05, 3.63) is 0 Å². The molecule has 30 heavy (non-hydrogen) atoms. The van der Waals surface area contributed by atoms with Gasteiger partial charge in [-0.2, -0.15) is 5.06 Å². The van der Waals surface area contributed by atoms with Crippen LogP contribution >= 0.6 is 0 Å². The van der Waals surface area contributed by atoms with Crippen molar-refractivity contribution in [1.82, 2.24) is 5.06 Å². The maximum absolute atomic E-state index is 11.0. The first-order chi connectivity index (χ1) is 13.0. The summed E-state index contributed by atoms with van der Waals surface area (Å²) in [5.41, 5.74) is -3.00. The number of piperidine rings is 1. The number of carboxylic acid groups (broad SMARTS) is 3. The molecule has 12 heteroatoms. The molecule has 1 aliphatic heterocycles. The summed E-state index contributed by atoms with van der Waals surface area (Å²) in [4.78, 5) is 47.0. The number of carbonyl (C=O) groups excluding carboxylic acids is 1. The molecule has 0 atom stereocenters. The molecule has 0 amide bonds. The van der Waals surface area contributed by atoms with Crippen LogP contribution in [0.25, 0.3) is 0 Å². The maximum Gasteiger partial charge on any atom is 1.00 e. The van der Waals surface area contributed by atoms with Gasteiger partial charge in [-0.15, -0.1) is 0 Å². The second-order valence-electron chi connectivity index (χ2n) is 8.22. The van der Waals surface area contributed by atoms with Gasteiger partial charge in [0.2, 0.25) is 0 Å². The van der Waals surface area contributed by atoms with Crippen LogP contribution in [0.15, 0.2) is 0 Å². The standard InChI is InChI=1S/C12H23NO3.C6H8O7.Na.H/c1-9(14)16-10-7-11(2,3)13(15-6)12(4,5)8-10;7-3(8)1-6(13,5(11)12)2-4(9)10;;/h10H,7-8H2,1-6H3;13H,1-2H2,(H,7,8)(H,9,10)(H,11,12);;/q;;+1;-1. The van der Waals surface area contributed by atoms with E-state index in [1.54, 1.807) is 7.11 Å². The Balaban J connectivity index is -0.000000485. The van der Waals surface area contributed by atoms with E-state index in [4.69, 9.17) is 30.0 Å². The van der Waals surface area contributed by atoms with Crippen molar-refractivity contribution in [2.24, 2.45) is 0 Å². The third-order valence-corrected chi connectivity index (χ3v) is 4.35. The second-order valence-corrected chi connectivity index (χ2v) is 8.22. The van der Waals surface area contributed by atoms with E-state index in [1.165, 1.54) is 6.92 Å². The van der Waals surface area contributed by atoms with Crippen LogP contribution < -0.4 is 29.6 Å². The molecular weight excluding hydrogens is 413 g/mol. The number of hydrogen-bond acceptors (Lipinski definition) is 8.